The molecule has 0 spiro atoms. The van der Waals surface area contributed by atoms with Crippen LogP contribution in [0, 0.1) is 0 Å². The number of halogens is 1. The molecule has 0 radical (unpaired) electrons. The van der Waals surface area contributed by atoms with Crippen molar-refractivity contribution < 1.29 is 0 Å². The zero-order valence-corrected chi connectivity index (χ0v) is 10.5. The van der Waals surface area contributed by atoms with Crippen molar-refractivity contribution >= 4 is 23.0 Å². The molecule has 0 N–H and O–H groups in total. The smallest absolute Gasteiger partial charge is 0.187 e. The Labute approximate surface area is 112 Å². The fourth-order valence-electron chi connectivity index (χ4n) is 2.04. The summed E-state index contributed by atoms with van der Waals surface area (Å²) in [5.74, 6) is 0. The van der Waals surface area contributed by atoms with E-state index in [2.05, 4.69) is 0 Å². The molecular weight excluding hydrogens is 244 g/mol. The molecule has 3 heteroatoms. The maximum atomic E-state index is 6.50. The first kappa shape index (κ1) is 11.2. The normalized spacial score (nSPS) is 15.4. The van der Waals surface area contributed by atoms with Crippen molar-refractivity contribution in [1.29, 1.82) is 0 Å². The highest BCUT2D eigenvalue weighted by Crippen LogP contribution is 2.30. The van der Waals surface area contributed by atoms with Gasteiger partial charge in [0.25, 0.3) is 0 Å². The van der Waals surface area contributed by atoms with Crippen LogP contribution in [-0.2, 0) is 0 Å². The second-order valence-electron chi connectivity index (χ2n) is 4.09. The second kappa shape index (κ2) is 4.75. The predicted molar refractivity (Wildman–Crippen MR) is 76.6 cm³/mol. The van der Waals surface area contributed by atoms with Crippen LogP contribution in [0.25, 0.3) is 0 Å². The van der Waals surface area contributed by atoms with Gasteiger partial charge in [-0.1, -0.05) is 48.0 Å². The lowest BCUT2D eigenvalue weighted by Gasteiger charge is -2.27. The number of nitrogens with zero attached hydrogens (tertiary/aromatic N) is 2. The summed E-state index contributed by atoms with van der Waals surface area (Å²) in [6.07, 6.45) is 4.00. The fourth-order valence-corrected chi connectivity index (χ4v) is 2.39. The molecule has 2 nitrogen and oxygen atoms in total. The van der Waals surface area contributed by atoms with Gasteiger partial charge in [0, 0.05) is 23.8 Å². The molecule has 2 aromatic rings. The Morgan fingerprint density at radius 1 is 0.667 bits per heavy atom. The first-order valence-corrected chi connectivity index (χ1v) is 6.29. The van der Waals surface area contributed by atoms with Gasteiger partial charge in [-0.15, -0.1) is 0 Å². The average molecular weight is 257 g/mol. The van der Waals surface area contributed by atoms with Crippen LogP contribution in [0.4, 0.5) is 11.4 Å². The van der Waals surface area contributed by atoms with Crippen LogP contribution in [0.2, 0.25) is 0 Å². The summed E-state index contributed by atoms with van der Waals surface area (Å²) in [5, 5.41) is 0. The largest absolute Gasteiger partial charge is 0.313 e. The van der Waals surface area contributed by atoms with E-state index in [1.54, 1.807) is 0 Å². The SMILES string of the molecule is ClC1N(c2ccccc2)C=CN1c1ccccc1. The standard InChI is InChI=1S/C15H13ClN2/c16-15-17(13-7-3-1-4-8-13)11-12-18(15)14-9-5-2-6-10-14/h1-12,15H. The van der Waals surface area contributed by atoms with Crippen LogP contribution in [-0.4, -0.2) is 5.62 Å². The van der Waals surface area contributed by atoms with Crippen LogP contribution in [0.3, 0.4) is 0 Å². The van der Waals surface area contributed by atoms with Crippen LogP contribution in [0.5, 0.6) is 0 Å². The molecule has 0 saturated heterocycles. The minimum absolute atomic E-state index is 0.227. The minimum atomic E-state index is -0.227. The summed E-state index contributed by atoms with van der Waals surface area (Å²) in [6.45, 7) is 0. The molecule has 90 valence electrons. The molecule has 1 heterocycles. The monoisotopic (exact) mass is 256 g/mol. The van der Waals surface area contributed by atoms with Crippen molar-refractivity contribution in [3.63, 3.8) is 0 Å². The third-order valence-electron chi connectivity index (χ3n) is 2.96. The van der Waals surface area contributed by atoms with Crippen molar-refractivity contribution in [3.8, 4) is 0 Å². The molecule has 0 fully saturated rings. The first-order chi connectivity index (χ1) is 8.86. The van der Waals surface area contributed by atoms with Crippen LogP contribution in [0.15, 0.2) is 73.1 Å². The molecule has 3 rings (SSSR count). The summed E-state index contributed by atoms with van der Waals surface area (Å²) in [6, 6.07) is 20.2. The number of rotatable bonds is 2. The highest BCUT2D eigenvalue weighted by Gasteiger charge is 2.25. The van der Waals surface area contributed by atoms with Gasteiger partial charge in [0.15, 0.2) is 5.62 Å². The lowest BCUT2D eigenvalue weighted by Crippen LogP contribution is -2.33. The zero-order chi connectivity index (χ0) is 12.4. The molecule has 1 aliphatic rings. The Kier molecular flexibility index (Phi) is 2.95. The lowest BCUT2D eigenvalue weighted by atomic mass is 10.3. The Hall–Kier alpha value is -1.93. The maximum absolute atomic E-state index is 6.50. The number of hydrogen-bond acceptors (Lipinski definition) is 2. The van der Waals surface area contributed by atoms with E-state index >= 15 is 0 Å². The van der Waals surface area contributed by atoms with Gasteiger partial charge in [-0.2, -0.15) is 0 Å². The Morgan fingerprint density at radius 3 is 1.44 bits per heavy atom. The third kappa shape index (κ3) is 1.95. The topological polar surface area (TPSA) is 6.48 Å². The Morgan fingerprint density at radius 2 is 1.06 bits per heavy atom. The highest BCUT2D eigenvalue weighted by molar-refractivity contribution is 6.23. The van der Waals surface area contributed by atoms with Crippen LogP contribution in [0.1, 0.15) is 0 Å². The predicted octanol–water partition coefficient (Wildman–Crippen LogP) is 4.01. The van der Waals surface area contributed by atoms with E-state index < -0.39 is 0 Å². The number of anilines is 2. The van der Waals surface area contributed by atoms with Crippen molar-refractivity contribution in [3.05, 3.63) is 73.1 Å². The van der Waals surface area contributed by atoms with Crippen molar-refractivity contribution in [2.75, 3.05) is 9.80 Å². The van der Waals surface area contributed by atoms with E-state index in [0.29, 0.717) is 0 Å². The van der Waals surface area contributed by atoms with Gasteiger partial charge in [-0.3, -0.25) is 0 Å². The molecule has 0 bridgehead atoms. The van der Waals surface area contributed by atoms with Gasteiger partial charge in [-0.25, -0.2) is 0 Å². The summed E-state index contributed by atoms with van der Waals surface area (Å²) in [5.41, 5.74) is 1.95. The van der Waals surface area contributed by atoms with Gasteiger partial charge in [-0.05, 0) is 24.3 Å². The van der Waals surface area contributed by atoms with E-state index in [9.17, 15) is 0 Å². The van der Waals surface area contributed by atoms with Gasteiger partial charge in [0.2, 0.25) is 0 Å². The lowest BCUT2D eigenvalue weighted by molar-refractivity contribution is 0.899. The van der Waals surface area contributed by atoms with Crippen molar-refractivity contribution in [2.45, 2.75) is 5.62 Å². The Balaban J connectivity index is 1.86. The molecular formula is C15H13ClN2. The van der Waals surface area contributed by atoms with Crippen LogP contribution >= 0.6 is 11.6 Å². The number of hydrogen-bond donors (Lipinski definition) is 0. The molecule has 1 aliphatic heterocycles. The van der Waals surface area contributed by atoms with Gasteiger partial charge in [0.05, 0.1) is 0 Å². The molecule has 0 aliphatic carbocycles. The maximum Gasteiger partial charge on any atom is 0.187 e. The Bertz CT molecular complexity index is 489. The van der Waals surface area contributed by atoms with E-state index in [1.807, 2.05) is 82.9 Å². The molecule has 0 amide bonds. The summed E-state index contributed by atoms with van der Waals surface area (Å²) >= 11 is 6.50. The number of para-hydroxylation sites is 2. The highest BCUT2D eigenvalue weighted by atomic mass is 35.5. The van der Waals surface area contributed by atoms with Gasteiger partial charge in [0.1, 0.15) is 0 Å². The average Bonchev–Trinajstić information content (AvgIpc) is 2.83. The van der Waals surface area contributed by atoms with Crippen molar-refractivity contribution in [2.24, 2.45) is 0 Å². The number of alkyl halides is 1. The molecule has 18 heavy (non-hydrogen) atoms. The van der Waals surface area contributed by atoms with E-state index in [0.717, 1.165) is 11.4 Å². The molecule has 0 saturated carbocycles. The summed E-state index contributed by atoms with van der Waals surface area (Å²) in [4.78, 5) is 4.07. The quantitative estimate of drug-likeness (QED) is 0.592. The summed E-state index contributed by atoms with van der Waals surface area (Å²) < 4.78 is 0. The fraction of sp³-hybridized carbons (Fsp3) is 0.0667. The number of benzene rings is 2. The van der Waals surface area contributed by atoms with E-state index in [-0.39, 0.29) is 5.62 Å². The van der Waals surface area contributed by atoms with Gasteiger partial charge >= 0.3 is 0 Å². The molecule has 0 atom stereocenters. The molecule has 0 unspecified atom stereocenters. The van der Waals surface area contributed by atoms with Crippen LogP contribution < -0.4 is 9.80 Å². The van der Waals surface area contributed by atoms with E-state index in [4.69, 9.17) is 11.6 Å². The second-order valence-corrected chi connectivity index (χ2v) is 4.48. The molecule has 2 aromatic carbocycles. The molecule has 0 aromatic heterocycles. The van der Waals surface area contributed by atoms with Gasteiger partial charge < -0.3 is 9.80 Å². The minimum Gasteiger partial charge on any atom is -0.313 e. The van der Waals surface area contributed by atoms with Crippen molar-refractivity contribution in [1.82, 2.24) is 0 Å². The zero-order valence-electron chi connectivity index (χ0n) is 9.78. The third-order valence-corrected chi connectivity index (χ3v) is 3.38. The summed E-state index contributed by atoms with van der Waals surface area (Å²) in [7, 11) is 0. The first-order valence-electron chi connectivity index (χ1n) is 5.85. The van der Waals surface area contributed by atoms with E-state index in [1.165, 1.54) is 0 Å².